The number of ether oxygens (including phenoxy) is 1. The molecule has 2 aromatic carbocycles. The third kappa shape index (κ3) is 3.29. The zero-order chi connectivity index (χ0) is 18.7. The Balaban J connectivity index is 1.82. The molecule has 1 fully saturated rings. The van der Waals surface area contributed by atoms with Crippen molar-refractivity contribution < 1.29 is 14.3 Å². The molecule has 0 aliphatic carbocycles. The molecule has 26 heavy (non-hydrogen) atoms. The molecular formula is C21H24N2O3. The van der Waals surface area contributed by atoms with E-state index in [9.17, 15) is 9.59 Å². The Bertz CT molecular complexity index is 818. The molecule has 3 rings (SSSR count). The average molecular weight is 352 g/mol. The molecule has 1 aliphatic heterocycles. The predicted molar refractivity (Wildman–Crippen MR) is 102 cm³/mol. The number of para-hydroxylation sites is 1. The van der Waals surface area contributed by atoms with Gasteiger partial charge in [-0.1, -0.05) is 31.2 Å². The highest BCUT2D eigenvalue weighted by molar-refractivity contribution is 6.03. The van der Waals surface area contributed by atoms with Crippen LogP contribution in [0.5, 0.6) is 5.75 Å². The molecular weight excluding hydrogens is 328 g/mol. The summed E-state index contributed by atoms with van der Waals surface area (Å²) in [7, 11) is 1.57. The predicted octanol–water partition coefficient (Wildman–Crippen LogP) is 3.14. The molecule has 0 N–H and O–H groups in total. The van der Waals surface area contributed by atoms with E-state index in [1.165, 1.54) is 0 Å². The van der Waals surface area contributed by atoms with Crippen molar-refractivity contribution >= 4 is 17.5 Å². The van der Waals surface area contributed by atoms with Crippen LogP contribution in [0.3, 0.4) is 0 Å². The second kappa shape index (κ2) is 7.60. The standard InChI is InChI=1S/C21H24N2O3/c1-4-16-8-5-6-11-19(16)23-13-12-22(15(2)20(23)24)21(25)17-9-7-10-18(14-17)26-3/h5-11,14-15H,4,12-13H2,1-3H3. The third-order valence-corrected chi connectivity index (χ3v) is 4.90. The SMILES string of the molecule is CCc1ccccc1N1CCN(C(=O)c2cccc(OC)c2)C(C)C1=O. The minimum Gasteiger partial charge on any atom is -0.497 e. The Morgan fingerprint density at radius 2 is 1.92 bits per heavy atom. The van der Waals surface area contributed by atoms with Gasteiger partial charge in [0.1, 0.15) is 11.8 Å². The zero-order valence-electron chi connectivity index (χ0n) is 15.4. The summed E-state index contributed by atoms with van der Waals surface area (Å²) in [6, 6.07) is 14.5. The topological polar surface area (TPSA) is 49.9 Å². The second-order valence-electron chi connectivity index (χ2n) is 6.38. The fourth-order valence-electron chi connectivity index (χ4n) is 3.38. The fourth-order valence-corrected chi connectivity index (χ4v) is 3.38. The van der Waals surface area contributed by atoms with E-state index in [1.807, 2.05) is 24.3 Å². The van der Waals surface area contributed by atoms with Crippen LogP contribution in [-0.4, -0.2) is 43.0 Å². The number of hydrogen-bond donors (Lipinski definition) is 0. The Morgan fingerprint density at radius 3 is 2.65 bits per heavy atom. The van der Waals surface area contributed by atoms with Crippen LogP contribution in [0.2, 0.25) is 0 Å². The number of rotatable bonds is 4. The quantitative estimate of drug-likeness (QED) is 0.849. The van der Waals surface area contributed by atoms with Crippen LogP contribution in [-0.2, 0) is 11.2 Å². The van der Waals surface area contributed by atoms with Gasteiger partial charge in [-0.15, -0.1) is 0 Å². The Hall–Kier alpha value is -2.82. The van der Waals surface area contributed by atoms with E-state index < -0.39 is 6.04 Å². The molecule has 5 heteroatoms. The van der Waals surface area contributed by atoms with Crippen molar-refractivity contribution in [3.63, 3.8) is 0 Å². The molecule has 5 nitrogen and oxygen atoms in total. The zero-order valence-corrected chi connectivity index (χ0v) is 15.4. The molecule has 0 spiro atoms. The molecule has 2 aromatic rings. The van der Waals surface area contributed by atoms with Crippen LogP contribution in [0, 0.1) is 0 Å². The summed E-state index contributed by atoms with van der Waals surface area (Å²) >= 11 is 0. The molecule has 136 valence electrons. The first-order valence-electron chi connectivity index (χ1n) is 8.91. The van der Waals surface area contributed by atoms with Gasteiger partial charge in [0.05, 0.1) is 7.11 Å². The summed E-state index contributed by atoms with van der Waals surface area (Å²) in [5.74, 6) is 0.437. The molecule has 0 aromatic heterocycles. The van der Waals surface area contributed by atoms with Crippen molar-refractivity contribution in [2.45, 2.75) is 26.3 Å². The van der Waals surface area contributed by atoms with Crippen molar-refractivity contribution in [3.05, 3.63) is 59.7 Å². The normalized spacial score (nSPS) is 17.3. The number of carbonyl (C=O) groups excluding carboxylic acids is 2. The van der Waals surface area contributed by atoms with Gasteiger partial charge < -0.3 is 14.5 Å². The molecule has 1 heterocycles. The molecule has 1 unspecified atom stereocenters. The van der Waals surface area contributed by atoms with Crippen molar-refractivity contribution in [3.8, 4) is 5.75 Å². The van der Waals surface area contributed by atoms with Gasteiger partial charge in [-0.2, -0.15) is 0 Å². The summed E-state index contributed by atoms with van der Waals surface area (Å²) in [4.78, 5) is 29.3. The van der Waals surface area contributed by atoms with Gasteiger partial charge >= 0.3 is 0 Å². The van der Waals surface area contributed by atoms with E-state index in [2.05, 4.69) is 6.92 Å². The van der Waals surface area contributed by atoms with Crippen LogP contribution in [0.4, 0.5) is 5.69 Å². The van der Waals surface area contributed by atoms with E-state index in [1.54, 1.807) is 48.1 Å². The lowest BCUT2D eigenvalue weighted by atomic mass is 10.1. The maximum Gasteiger partial charge on any atom is 0.254 e. The fraction of sp³-hybridized carbons (Fsp3) is 0.333. The van der Waals surface area contributed by atoms with Crippen molar-refractivity contribution in [2.24, 2.45) is 0 Å². The number of benzene rings is 2. The summed E-state index contributed by atoms with van der Waals surface area (Å²) in [5.41, 5.74) is 2.62. The van der Waals surface area contributed by atoms with Crippen molar-refractivity contribution in [1.29, 1.82) is 0 Å². The number of nitrogens with zero attached hydrogens (tertiary/aromatic N) is 2. The maximum absolute atomic E-state index is 13.0. The smallest absolute Gasteiger partial charge is 0.254 e. The molecule has 1 saturated heterocycles. The number of hydrogen-bond acceptors (Lipinski definition) is 3. The summed E-state index contributed by atoms with van der Waals surface area (Å²) < 4.78 is 5.19. The number of aryl methyl sites for hydroxylation is 1. The largest absolute Gasteiger partial charge is 0.497 e. The second-order valence-corrected chi connectivity index (χ2v) is 6.38. The van der Waals surface area contributed by atoms with Crippen LogP contribution < -0.4 is 9.64 Å². The van der Waals surface area contributed by atoms with Crippen LogP contribution in [0.25, 0.3) is 0 Å². The third-order valence-electron chi connectivity index (χ3n) is 4.90. The first-order chi connectivity index (χ1) is 12.6. The maximum atomic E-state index is 13.0. The molecule has 0 bridgehead atoms. The molecule has 1 atom stereocenters. The van der Waals surface area contributed by atoms with E-state index in [4.69, 9.17) is 4.74 Å². The lowest BCUT2D eigenvalue weighted by molar-refractivity contribution is -0.124. The lowest BCUT2D eigenvalue weighted by Crippen LogP contribution is -2.58. The molecule has 1 aliphatic rings. The Morgan fingerprint density at radius 1 is 1.15 bits per heavy atom. The number of amides is 2. The van der Waals surface area contributed by atoms with E-state index in [-0.39, 0.29) is 11.8 Å². The Kier molecular flexibility index (Phi) is 5.26. The van der Waals surface area contributed by atoms with Crippen LogP contribution in [0.15, 0.2) is 48.5 Å². The highest BCUT2D eigenvalue weighted by atomic mass is 16.5. The minimum atomic E-state index is -0.507. The summed E-state index contributed by atoms with van der Waals surface area (Å²) in [6.07, 6.45) is 0.862. The van der Waals surface area contributed by atoms with Gasteiger partial charge in [-0.05, 0) is 43.2 Å². The monoisotopic (exact) mass is 352 g/mol. The van der Waals surface area contributed by atoms with Crippen molar-refractivity contribution in [2.75, 3.05) is 25.1 Å². The van der Waals surface area contributed by atoms with Crippen LogP contribution in [0.1, 0.15) is 29.8 Å². The number of piperazine rings is 1. The highest BCUT2D eigenvalue weighted by Crippen LogP contribution is 2.26. The summed E-state index contributed by atoms with van der Waals surface area (Å²) in [6.45, 7) is 4.87. The number of carbonyl (C=O) groups is 2. The van der Waals surface area contributed by atoms with Gasteiger partial charge in [0.2, 0.25) is 5.91 Å². The van der Waals surface area contributed by atoms with Gasteiger partial charge in [-0.25, -0.2) is 0 Å². The van der Waals surface area contributed by atoms with E-state index >= 15 is 0 Å². The lowest BCUT2D eigenvalue weighted by Gasteiger charge is -2.39. The molecule has 2 amide bonds. The van der Waals surface area contributed by atoms with Gasteiger partial charge in [-0.3, -0.25) is 9.59 Å². The molecule has 0 saturated carbocycles. The highest BCUT2D eigenvalue weighted by Gasteiger charge is 2.35. The molecule has 0 radical (unpaired) electrons. The Labute approximate surface area is 154 Å². The van der Waals surface area contributed by atoms with Gasteiger partial charge in [0.25, 0.3) is 5.91 Å². The minimum absolute atomic E-state index is 0.0478. The average Bonchev–Trinajstić information content (AvgIpc) is 2.69. The van der Waals surface area contributed by atoms with Crippen LogP contribution >= 0.6 is 0 Å². The van der Waals surface area contributed by atoms with E-state index in [0.29, 0.717) is 24.4 Å². The van der Waals surface area contributed by atoms with Gasteiger partial charge in [0, 0.05) is 24.3 Å². The van der Waals surface area contributed by atoms with E-state index in [0.717, 1.165) is 17.7 Å². The number of anilines is 1. The van der Waals surface area contributed by atoms with Crippen molar-refractivity contribution in [1.82, 2.24) is 4.90 Å². The first-order valence-corrected chi connectivity index (χ1v) is 8.91. The van der Waals surface area contributed by atoms with Gasteiger partial charge in [0.15, 0.2) is 0 Å². The number of methoxy groups -OCH3 is 1. The summed E-state index contributed by atoms with van der Waals surface area (Å²) in [5, 5.41) is 0. The first kappa shape index (κ1) is 18.0.